The summed E-state index contributed by atoms with van der Waals surface area (Å²) in [5.41, 5.74) is 0.229. The Balaban J connectivity index is 1.76. The van der Waals surface area contributed by atoms with Gasteiger partial charge in [0, 0.05) is 6.54 Å². The predicted molar refractivity (Wildman–Crippen MR) is 77.6 cm³/mol. The van der Waals surface area contributed by atoms with Crippen LogP contribution in [0.25, 0.3) is 0 Å². The highest BCUT2D eigenvalue weighted by atomic mass is 16.5. The average molecular weight is 291 g/mol. The number of amides is 1. The summed E-state index contributed by atoms with van der Waals surface area (Å²) in [5.74, 6) is -1.09. The van der Waals surface area contributed by atoms with Crippen molar-refractivity contribution in [3.63, 3.8) is 0 Å². The fourth-order valence-electron chi connectivity index (χ4n) is 2.34. The maximum Gasteiger partial charge on any atom is 0.311 e. The number of carboxylic acids is 1. The summed E-state index contributed by atoms with van der Waals surface area (Å²) in [5, 5.41) is 11.9. The molecule has 5 heteroatoms. The molecule has 0 heterocycles. The monoisotopic (exact) mass is 291 g/mol. The van der Waals surface area contributed by atoms with Crippen molar-refractivity contribution in [1.29, 1.82) is 0 Å². The Bertz CT molecular complexity index is 496. The number of aliphatic carboxylic acids is 1. The van der Waals surface area contributed by atoms with Gasteiger partial charge >= 0.3 is 5.97 Å². The van der Waals surface area contributed by atoms with E-state index < -0.39 is 17.5 Å². The van der Waals surface area contributed by atoms with E-state index in [4.69, 9.17) is 4.74 Å². The molecule has 0 bridgehead atoms. The molecule has 0 saturated heterocycles. The van der Waals surface area contributed by atoms with Crippen LogP contribution in [0.15, 0.2) is 30.3 Å². The van der Waals surface area contributed by atoms with Gasteiger partial charge in [0.05, 0.1) is 12.0 Å². The highest BCUT2D eigenvalue weighted by Gasteiger charge is 2.44. The molecular formula is C16H21NO4. The van der Waals surface area contributed by atoms with E-state index in [0.717, 1.165) is 12.0 Å². The Kier molecular flexibility index (Phi) is 4.96. The Morgan fingerprint density at radius 3 is 2.52 bits per heavy atom. The van der Waals surface area contributed by atoms with Crippen molar-refractivity contribution in [3.8, 4) is 0 Å². The molecule has 21 heavy (non-hydrogen) atoms. The van der Waals surface area contributed by atoms with Gasteiger partial charge < -0.3 is 15.2 Å². The normalized spacial score (nSPS) is 17.6. The molecular weight excluding hydrogens is 270 g/mol. The number of nitrogens with one attached hydrogen (secondary N) is 1. The molecule has 0 aromatic heterocycles. The molecule has 2 rings (SSSR count). The number of carbonyl (C=O) groups excluding carboxylic acids is 1. The molecule has 0 radical (unpaired) electrons. The number of benzene rings is 1. The van der Waals surface area contributed by atoms with Crippen LogP contribution < -0.4 is 5.32 Å². The van der Waals surface area contributed by atoms with E-state index in [2.05, 4.69) is 5.32 Å². The summed E-state index contributed by atoms with van der Waals surface area (Å²) >= 11 is 0. The molecule has 1 aliphatic carbocycles. The SMILES string of the molecule is CC(OCc1ccccc1)C(=O)NCC1(C(=O)O)CCC1. The third-order valence-corrected chi connectivity index (χ3v) is 4.08. The molecule has 5 nitrogen and oxygen atoms in total. The van der Waals surface area contributed by atoms with E-state index in [1.807, 2.05) is 30.3 Å². The third kappa shape index (κ3) is 3.82. The molecule has 1 saturated carbocycles. The fourth-order valence-corrected chi connectivity index (χ4v) is 2.34. The van der Waals surface area contributed by atoms with Gasteiger partial charge in [0.25, 0.3) is 0 Å². The van der Waals surface area contributed by atoms with Crippen LogP contribution in [0.1, 0.15) is 31.7 Å². The Hall–Kier alpha value is -1.88. The second kappa shape index (κ2) is 6.72. The summed E-state index contributed by atoms with van der Waals surface area (Å²) in [7, 11) is 0. The van der Waals surface area contributed by atoms with Gasteiger partial charge in [0.15, 0.2) is 0 Å². The van der Waals surface area contributed by atoms with Gasteiger partial charge in [0.1, 0.15) is 6.10 Å². The van der Waals surface area contributed by atoms with Crippen molar-refractivity contribution in [3.05, 3.63) is 35.9 Å². The molecule has 1 atom stereocenters. The molecule has 114 valence electrons. The molecule has 2 N–H and O–H groups in total. The smallest absolute Gasteiger partial charge is 0.311 e. The molecule has 1 amide bonds. The van der Waals surface area contributed by atoms with E-state index in [1.54, 1.807) is 6.92 Å². The van der Waals surface area contributed by atoms with Crippen LogP contribution in [0.3, 0.4) is 0 Å². The van der Waals surface area contributed by atoms with Crippen LogP contribution >= 0.6 is 0 Å². The highest BCUT2D eigenvalue weighted by molar-refractivity contribution is 5.82. The minimum Gasteiger partial charge on any atom is -0.481 e. The number of ether oxygens (including phenoxy) is 1. The molecule has 0 aliphatic heterocycles. The van der Waals surface area contributed by atoms with Gasteiger partial charge in [-0.3, -0.25) is 9.59 Å². The Morgan fingerprint density at radius 1 is 1.33 bits per heavy atom. The van der Waals surface area contributed by atoms with Crippen LogP contribution in [0, 0.1) is 5.41 Å². The number of carbonyl (C=O) groups is 2. The second-order valence-electron chi connectivity index (χ2n) is 5.60. The third-order valence-electron chi connectivity index (χ3n) is 4.08. The topological polar surface area (TPSA) is 75.6 Å². The number of carboxylic acid groups (broad SMARTS) is 1. The first-order valence-corrected chi connectivity index (χ1v) is 7.20. The summed E-state index contributed by atoms with van der Waals surface area (Å²) in [6.07, 6.45) is 1.56. The molecule has 0 spiro atoms. The fraction of sp³-hybridized carbons (Fsp3) is 0.500. The lowest BCUT2D eigenvalue weighted by Gasteiger charge is -2.37. The maximum atomic E-state index is 11.9. The van der Waals surface area contributed by atoms with Crippen LogP contribution in [0.2, 0.25) is 0 Å². The number of hydrogen-bond acceptors (Lipinski definition) is 3. The van der Waals surface area contributed by atoms with Crippen LogP contribution in [0.4, 0.5) is 0 Å². The highest BCUT2D eigenvalue weighted by Crippen LogP contribution is 2.40. The zero-order chi connectivity index (χ0) is 15.3. The van der Waals surface area contributed by atoms with E-state index >= 15 is 0 Å². The van der Waals surface area contributed by atoms with Crippen molar-refractivity contribution in [2.45, 2.75) is 38.9 Å². The lowest BCUT2D eigenvalue weighted by molar-refractivity contribution is -0.154. The van der Waals surface area contributed by atoms with Gasteiger partial charge in [0.2, 0.25) is 5.91 Å². The van der Waals surface area contributed by atoms with Gasteiger partial charge in [-0.25, -0.2) is 0 Å². The zero-order valence-electron chi connectivity index (χ0n) is 12.2. The number of hydrogen-bond donors (Lipinski definition) is 2. The zero-order valence-corrected chi connectivity index (χ0v) is 12.2. The predicted octanol–water partition coefficient (Wildman–Crippen LogP) is 1.96. The number of rotatable bonds is 7. The first kappa shape index (κ1) is 15.5. The van der Waals surface area contributed by atoms with E-state index in [1.165, 1.54) is 0 Å². The van der Waals surface area contributed by atoms with Gasteiger partial charge in [-0.1, -0.05) is 36.8 Å². The van der Waals surface area contributed by atoms with Crippen molar-refractivity contribution in [2.24, 2.45) is 5.41 Å². The lowest BCUT2D eigenvalue weighted by atomic mass is 9.69. The minimum absolute atomic E-state index is 0.181. The van der Waals surface area contributed by atoms with Crippen LogP contribution in [0.5, 0.6) is 0 Å². The van der Waals surface area contributed by atoms with E-state index in [0.29, 0.717) is 19.4 Å². The first-order valence-electron chi connectivity index (χ1n) is 7.20. The van der Waals surface area contributed by atoms with Gasteiger partial charge in [-0.15, -0.1) is 0 Å². The molecule has 1 aromatic carbocycles. The first-order chi connectivity index (χ1) is 10.0. The minimum atomic E-state index is -0.827. The molecule has 1 aliphatic rings. The van der Waals surface area contributed by atoms with Gasteiger partial charge in [-0.2, -0.15) is 0 Å². The summed E-state index contributed by atoms with van der Waals surface area (Å²) in [4.78, 5) is 23.2. The standard InChI is InChI=1S/C16H21NO4/c1-12(21-10-13-6-3-2-4-7-13)14(18)17-11-16(15(19)20)8-5-9-16/h2-4,6-7,12H,5,8-11H2,1H3,(H,17,18)(H,19,20). The second-order valence-corrected chi connectivity index (χ2v) is 5.60. The maximum absolute atomic E-state index is 11.9. The van der Waals surface area contributed by atoms with E-state index in [-0.39, 0.29) is 12.5 Å². The lowest BCUT2D eigenvalue weighted by Crippen LogP contribution is -2.49. The van der Waals surface area contributed by atoms with E-state index in [9.17, 15) is 14.7 Å². The molecule has 1 aromatic rings. The Labute approximate surface area is 124 Å². The molecule has 1 fully saturated rings. The van der Waals surface area contributed by atoms with Gasteiger partial charge in [-0.05, 0) is 25.3 Å². The average Bonchev–Trinajstić information content (AvgIpc) is 2.44. The van der Waals surface area contributed by atoms with Crippen molar-refractivity contribution in [2.75, 3.05) is 6.54 Å². The summed E-state index contributed by atoms with van der Waals surface area (Å²) < 4.78 is 5.51. The Morgan fingerprint density at radius 2 is 2.00 bits per heavy atom. The summed E-state index contributed by atoms with van der Waals surface area (Å²) in [6.45, 7) is 2.21. The van der Waals surface area contributed by atoms with Crippen LogP contribution in [-0.2, 0) is 20.9 Å². The largest absolute Gasteiger partial charge is 0.481 e. The summed E-state index contributed by atoms with van der Waals surface area (Å²) in [6, 6.07) is 9.60. The van der Waals surface area contributed by atoms with Crippen molar-refractivity contribution < 1.29 is 19.4 Å². The molecule has 1 unspecified atom stereocenters. The van der Waals surface area contributed by atoms with Crippen molar-refractivity contribution >= 4 is 11.9 Å². The van der Waals surface area contributed by atoms with Crippen molar-refractivity contribution in [1.82, 2.24) is 5.32 Å². The quantitative estimate of drug-likeness (QED) is 0.805. The van der Waals surface area contributed by atoms with Crippen LogP contribution in [-0.4, -0.2) is 29.6 Å².